The zero-order chi connectivity index (χ0) is 21.6. The molecule has 0 saturated carbocycles. The van der Waals surface area contributed by atoms with Crippen molar-refractivity contribution in [2.24, 2.45) is 0 Å². The van der Waals surface area contributed by atoms with Gasteiger partial charge in [-0.05, 0) is 62.1 Å². The molecule has 2 aromatic carbocycles. The molecule has 6 nitrogen and oxygen atoms in total. The number of nitrogens with zero attached hydrogens (tertiary/aromatic N) is 1. The molecule has 0 spiro atoms. The summed E-state index contributed by atoms with van der Waals surface area (Å²) in [6.45, 7) is 4.95. The molecule has 1 N–H and O–H groups in total. The van der Waals surface area contributed by atoms with Gasteiger partial charge in [0.1, 0.15) is 5.75 Å². The molecular formula is C23H30N2O4S. The highest BCUT2D eigenvalue weighted by Crippen LogP contribution is 2.23. The average Bonchev–Trinajstić information content (AvgIpc) is 3.04. The fraction of sp³-hybridized carbons (Fsp3) is 0.435. The Kier molecular flexibility index (Phi) is 7.50. The Morgan fingerprint density at radius 3 is 2.27 bits per heavy atom. The molecule has 1 aliphatic heterocycles. The first-order chi connectivity index (χ1) is 14.4. The van der Waals surface area contributed by atoms with Crippen molar-refractivity contribution in [2.45, 2.75) is 57.0 Å². The molecule has 30 heavy (non-hydrogen) atoms. The molecule has 162 valence electrons. The van der Waals surface area contributed by atoms with Crippen LogP contribution in [0.15, 0.2) is 53.4 Å². The van der Waals surface area contributed by atoms with E-state index >= 15 is 0 Å². The molecule has 1 fully saturated rings. The zero-order valence-electron chi connectivity index (χ0n) is 17.6. The summed E-state index contributed by atoms with van der Waals surface area (Å²) in [5.41, 5.74) is 1.51. The minimum absolute atomic E-state index is 0.255. The minimum atomic E-state index is -3.50. The minimum Gasteiger partial charge on any atom is -0.480 e. The number of carbonyl (C=O) groups excluding carboxylic acids is 1. The van der Waals surface area contributed by atoms with E-state index in [1.54, 1.807) is 28.6 Å². The van der Waals surface area contributed by atoms with Gasteiger partial charge in [0.25, 0.3) is 5.91 Å². The Morgan fingerprint density at radius 1 is 1.03 bits per heavy atom. The van der Waals surface area contributed by atoms with Crippen LogP contribution in [0.25, 0.3) is 0 Å². The number of sulfonamides is 1. The summed E-state index contributed by atoms with van der Waals surface area (Å²) >= 11 is 0. The number of hydrogen-bond donors (Lipinski definition) is 1. The van der Waals surface area contributed by atoms with E-state index in [9.17, 15) is 13.2 Å². The Hall–Kier alpha value is -2.38. The quantitative estimate of drug-likeness (QED) is 0.708. The first kappa shape index (κ1) is 22.3. The van der Waals surface area contributed by atoms with Gasteiger partial charge in [-0.1, -0.05) is 38.0 Å². The van der Waals surface area contributed by atoms with E-state index in [1.807, 2.05) is 38.1 Å². The van der Waals surface area contributed by atoms with Crippen LogP contribution in [0.5, 0.6) is 5.75 Å². The lowest BCUT2D eigenvalue weighted by atomic mass is 10.2. The lowest BCUT2D eigenvalue weighted by molar-refractivity contribution is -0.122. The molecule has 0 aliphatic carbocycles. The fourth-order valence-electron chi connectivity index (χ4n) is 3.53. The van der Waals surface area contributed by atoms with Gasteiger partial charge in [0.05, 0.1) is 4.90 Å². The van der Waals surface area contributed by atoms with E-state index in [4.69, 9.17) is 4.74 Å². The van der Waals surface area contributed by atoms with Crippen LogP contribution >= 0.6 is 0 Å². The van der Waals surface area contributed by atoms with E-state index in [-0.39, 0.29) is 10.8 Å². The third-order valence-electron chi connectivity index (χ3n) is 5.35. The summed E-state index contributed by atoms with van der Waals surface area (Å²) < 4.78 is 33.2. The molecule has 1 saturated heterocycles. The molecule has 0 unspecified atom stereocenters. The normalized spacial score (nSPS) is 16.5. The second-order valence-electron chi connectivity index (χ2n) is 7.61. The van der Waals surface area contributed by atoms with Gasteiger partial charge in [-0.3, -0.25) is 4.79 Å². The number of benzene rings is 2. The maximum Gasteiger partial charge on any atom is 0.265 e. The molecule has 3 rings (SSSR count). The van der Waals surface area contributed by atoms with Crippen LogP contribution in [-0.2, 0) is 14.8 Å². The highest BCUT2D eigenvalue weighted by atomic mass is 32.2. The van der Waals surface area contributed by atoms with E-state index in [0.29, 0.717) is 30.9 Å². The van der Waals surface area contributed by atoms with Gasteiger partial charge >= 0.3 is 0 Å². The van der Waals surface area contributed by atoms with Gasteiger partial charge in [0.15, 0.2) is 6.10 Å². The van der Waals surface area contributed by atoms with Crippen molar-refractivity contribution >= 4 is 21.6 Å². The van der Waals surface area contributed by atoms with Gasteiger partial charge in [0, 0.05) is 18.8 Å². The van der Waals surface area contributed by atoms with E-state index in [2.05, 4.69) is 5.32 Å². The van der Waals surface area contributed by atoms with Crippen LogP contribution < -0.4 is 10.1 Å². The van der Waals surface area contributed by atoms with Crippen molar-refractivity contribution in [1.82, 2.24) is 4.31 Å². The lowest BCUT2D eigenvalue weighted by Gasteiger charge is -2.20. The van der Waals surface area contributed by atoms with Crippen molar-refractivity contribution in [2.75, 3.05) is 18.4 Å². The SMILES string of the molecule is CC[C@@H](Oc1ccccc1C)C(=O)Nc1ccc(S(=O)(=O)N2CCCCCC2)cc1. The maximum atomic E-state index is 12.9. The Bertz CT molecular complexity index is 949. The summed E-state index contributed by atoms with van der Waals surface area (Å²) in [7, 11) is -3.50. The number of aryl methyl sites for hydroxylation is 1. The molecular weight excluding hydrogens is 400 g/mol. The van der Waals surface area contributed by atoms with Gasteiger partial charge in [0.2, 0.25) is 10.0 Å². The van der Waals surface area contributed by atoms with Crippen molar-refractivity contribution in [3.8, 4) is 5.75 Å². The second-order valence-corrected chi connectivity index (χ2v) is 9.55. The second kappa shape index (κ2) is 10.1. The third-order valence-corrected chi connectivity index (χ3v) is 7.26. The van der Waals surface area contributed by atoms with Crippen LogP contribution in [-0.4, -0.2) is 37.8 Å². The van der Waals surface area contributed by atoms with Crippen LogP contribution in [0.2, 0.25) is 0 Å². The van der Waals surface area contributed by atoms with Gasteiger partial charge in [-0.2, -0.15) is 4.31 Å². The van der Waals surface area contributed by atoms with E-state index in [1.165, 1.54) is 0 Å². The van der Waals surface area contributed by atoms with Crippen LogP contribution in [0.1, 0.15) is 44.6 Å². The highest BCUT2D eigenvalue weighted by molar-refractivity contribution is 7.89. The molecule has 2 aromatic rings. The molecule has 1 aliphatic rings. The third kappa shape index (κ3) is 5.40. The fourth-order valence-corrected chi connectivity index (χ4v) is 5.05. The average molecular weight is 431 g/mol. The van der Waals surface area contributed by atoms with E-state index in [0.717, 1.165) is 31.2 Å². The van der Waals surface area contributed by atoms with Gasteiger partial charge in [-0.15, -0.1) is 0 Å². The first-order valence-electron chi connectivity index (χ1n) is 10.5. The summed E-state index contributed by atoms with van der Waals surface area (Å²) in [5, 5.41) is 2.83. The van der Waals surface area contributed by atoms with Crippen LogP contribution in [0.3, 0.4) is 0 Å². The standard InChI is InChI=1S/C23H30N2O4S/c1-3-21(29-22-11-7-6-10-18(22)2)23(26)24-19-12-14-20(15-13-19)30(27,28)25-16-8-4-5-9-17-25/h6-7,10-15,21H,3-5,8-9,16-17H2,1-2H3,(H,24,26)/t21-/m1/s1. The molecule has 0 aromatic heterocycles. The molecule has 7 heteroatoms. The number of para-hydroxylation sites is 1. The topological polar surface area (TPSA) is 75.7 Å². The number of ether oxygens (including phenoxy) is 1. The Balaban J connectivity index is 1.67. The maximum absolute atomic E-state index is 12.9. The van der Waals surface area contributed by atoms with E-state index < -0.39 is 16.1 Å². The predicted octanol–water partition coefficient (Wildman–Crippen LogP) is 4.36. The highest BCUT2D eigenvalue weighted by Gasteiger charge is 2.25. The van der Waals surface area contributed by atoms with Crippen molar-refractivity contribution in [3.05, 3.63) is 54.1 Å². The summed E-state index contributed by atoms with van der Waals surface area (Å²) in [5.74, 6) is 0.419. The molecule has 1 heterocycles. The smallest absolute Gasteiger partial charge is 0.265 e. The lowest BCUT2D eigenvalue weighted by Crippen LogP contribution is -2.33. The number of amides is 1. The van der Waals surface area contributed by atoms with Crippen molar-refractivity contribution in [3.63, 3.8) is 0 Å². The number of rotatable bonds is 7. The summed E-state index contributed by atoms with van der Waals surface area (Å²) in [6.07, 6.45) is 3.81. The van der Waals surface area contributed by atoms with Gasteiger partial charge < -0.3 is 10.1 Å². The van der Waals surface area contributed by atoms with Gasteiger partial charge in [-0.25, -0.2) is 8.42 Å². The van der Waals surface area contributed by atoms with Crippen LogP contribution in [0.4, 0.5) is 5.69 Å². The number of carbonyl (C=O) groups is 1. The zero-order valence-corrected chi connectivity index (χ0v) is 18.5. The molecule has 1 amide bonds. The van der Waals surface area contributed by atoms with Crippen LogP contribution in [0, 0.1) is 6.92 Å². The number of nitrogens with one attached hydrogen (secondary N) is 1. The molecule has 0 radical (unpaired) electrons. The predicted molar refractivity (Wildman–Crippen MR) is 118 cm³/mol. The Morgan fingerprint density at radius 2 is 1.67 bits per heavy atom. The summed E-state index contributed by atoms with van der Waals surface area (Å²) in [4.78, 5) is 12.9. The number of anilines is 1. The number of hydrogen-bond acceptors (Lipinski definition) is 4. The molecule has 0 bridgehead atoms. The monoisotopic (exact) mass is 430 g/mol. The Labute approximate surface area is 179 Å². The first-order valence-corrected chi connectivity index (χ1v) is 12.0. The largest absolute Gasteiger partial charge is 0.480 e. The molecule has 1 atom stereocenters. The summed E-state index contributed by atoms with van der Waals surface area (Å²) in [6, 6.07) is 13.9. The van der Waals surface area contributed by atoms with Crippen molar-refractivity contribution < 1.29 is 17.9 Å². The van der Waals surface area contributed by atoms with Crippen molar-refractivity contribution in [1.29, 1.82) is 0 Å².